The second-order valence-electron chi connectivity index (χ2n) is 7.00. The van der Waals surface area contributed by atoms with Crippen molar-refractivity contribution in [2.24, 2.45) is 0 Å². The molecule has 0 bridgehead atoms. The Morgan fingerprint density at radius 2 is 2.04 bits per heavy atom. The van der Waals surface area contributed by atoms with Crippen molar-refractivity contribution in [3.63, 3.8) is 0 Å². The van der Waals surface area contributed by atoms with Gasteiger partial charge in [-0.3, -0.25) is 19.6 Å². The molecule has 1 aliphatic heterocycles. The number of nitrogens with one attached hydrogen (secondary N) is 2. The van der Waals surface area contributed by atoms with Crippen molar-refractivity contribution in [2.45, 2.75) is 32.7 Å². The van der Waals surface area contributed by atoms with Gasteiger partial charge in [-0.15, -0.1) is 0 Å². The Balaban J connectivity index is 1.46. The molecule has 0 spiro atoms. The molecule has 2 heterocycles. The van der Waals surface area contributed by atoms with E-state index < -0.39 is 0 Å². The fourth-order valence-corrected chi connectivity index (χ4v) is 3.17. The molecule has 2 aromatic rings. The number of carbonyl (C=O) groups excluding carboxylic acids is 2. The van der Waals surface area contributed by atoms with E-state index in [0.29, 0.717) is 26.1 Å². The summed E-state index contributed by atoms with van der Waals surface area (Å²) in [6, 6.07) is 6.14. The molecule has 140 valence electrons. The van der Waals surface area contributed by atoms with Gasteiger partial charge in [0.1, 0.15) is 0 Å². The number of piperazine rings is 1. The Labute approximate surface area is 153 Å². The lowest BCUT2D eigenvalue weighted by Gasteiger charge is -2.34. The first-order valence-electron chi connectivity index (χ1n) is 9.26. The third kappa shape index (κ3) is 4.60. The second kappa shape index (κ2) is 8.31. The van der Waals surface area contributed by atoms with E-state index in [2.05, 4.69) is 27.3 Å². The number of nitrogens with zero attached hydrogens (tertiary/aromatic N) is 3. The van der Waals surface area contributed by atoms with Gasteiger partial charge < -0.3 is 10.2 Å². The Morgan fingerprint density at radius 1 is 1.27 bits per heavy atom. The number of aromatic amines is 1. The highest BCUT2D eigenvalue weighted by Gasteiger charge is 2.22. The highest BCUT2D eigenvalue weighted by molar-refractivity contribution is 5.83. The molecule has 0 aliphatic carbocycles. The van der Waals surface area contributed by atoms with Crippen LogP contribution in [0.4, 0.5) is 0 Å². The number of carbonyl (C=O) groups is 2. The van der Waals surface area contributed by atoms with Crippen LogP contribution in [0.25, 0.3) is 10.9 Å². The van der Waals surface area contributed by atoms with Crippen LogP contribution >= 0.6 is 0 Å². The molecule has 1 unspecified atom stereocenters. The van der Waals surface area contributed by atoms with Crippen LogP contribution in [-0.4, -0.2) is 70.6 Å². The maximum Gasteiger partial charge on any atom is 0.234 e. The molecular formula is C19H27N5O2. The van der Waals surface area contributed by atoms with Gasteiger partial charge in [0.15, 0.2) is 0 Å². The highest BCUT2D eigenvalue weighted by Crippen LogP contribution is 2.14. The van der Waals surface area contributed by atoms with Gasteiger partial charge in [0.25, 0.3) is 0 Å². The van der Waals surface area contributed by atoms with Crippen LogP contribution in [0.2, 0.25) is 0 Å². The number of hydrogen-bond acceptors (Lipinski definition) is 4. The molecular weight excluding hydrogens is 330 g/mol. The largest absolute Gasteiger partial charge is 0.353 e. The topological polar surface area (TPSA) is 81.3 Å². The van der Waals surface area contributed by atoms with Crippen LogP contribution in [0.5, 0.6) is 0 Å². The van der Waals surface area contributed by atoms with Gasteiger partial charge in [0.05, 0.1) is 24.7 Å². The minimum Gasteiger partial charge on any atom is -0.353 e. The predicted octanol–water partition coefficient (Wildman–Crippen LogP) is 1.16. The fraction of sp³-hybridized carbons (Fsp3) is 0.526. The highest BCUT2D eigenvalue weighted by atomic mass is 16.2. The van der Waals surface area contributed by atoms with E-state index in [9.17, 15) is 9.59 Å². The summed E-state index contributed by atoms with van der Waals surface area (Å²) >= 11 is 0. The number of amides is 2. The standard InChI is InChI=1S/C19H27N5O2/c1-3-14(2)21-18(25)13-23-6-8-24(9-7-23)19(26)11-15-4-5-17-16(10-15)12-20-22-17/h4-5,10,12,14H,3,6-9,11,13H2,1-2H3,(H,20,22)(H,21,25). The number of aromatic nitrogens is 2. The van der Waals surface area contributed by atoms with Gasteiger partial charge >= 0.3 is 0 Å². The number of hydrogen-bond donors (Lipinski definition) is 2. The molecule has 1 atom stereocenters. The van der Waals surface area contributed by atoms with Crippen molar-refractivity contribution in [3.8, 4) is 0 Å². The normalized spacial score (nSPS) is 16.6. The van der Waals surface area contributed by atoms with Gasteiger partial charge in [-0.25, -0.2) is 0 Å². The Morgan fingerprint density at radius 3 is 2.77 bits per heavy atom. The Hall–Kier alpha value is -2.41. The maximum atomic E-state index is 12.6. The lowest BCUT2D eigenvalue weighted by Crippen LogP contribution is -2.52. The molecule has 1 aromatic carbocycles. The monoisotopic (exact) mass is 357 g/mol. The lowest BCUT2D eigenvalue weighted by atomic mass is 10.1. The molecule has 0 saturated carbocycles. The van der Waals surface area contributed by atoms with Gasteiger partial charge in [-0.1, -0.05) is 13.0 Å². The van der Waals surface area contributed by atoms with Crippen LogP contribution in [-0.2, 0) is 16.0 Å². The van der Waals surface area contributed by atoms with Crippen molar-refractivity contribution in [3.05, 3.63) is 30.0 Å². The second-order valence-corrected chi connectivity index (χ2v) is 7.00. The van der Waals surface area contributed by atoms with E-state index in [1.165, 1.54) is 0 Å². The number of H-pyrrole nitrogens is 1. The Kier molecular flexibility index (Phi) is 5.88. The average Bonchev–Trinajstić information content (AvgIpc) is 3.09. The molecule has 7 nitrogen and oxygen atoms in total. The van der Waals surface area contributed by atoms with Crippen LogP contribution < -0.4 is 5.32 Å². The number of rotatable bonds is 6. The first kappa shape index (κ1) is 18.4. The quantitative estimate of drug-likeness (QED) is 0.813. The van der Waals surface area contributed by atoms with E-state index in [4.69, 9.17) is 0 Å². The van der Waals surface area contributed by atoms with E-state index in [-0.39, 0.29) is 17.9 Å². The minimum absolute atomic E-state index is 0.0625. The maximum absolute atomic E-state index is 12.6. The van der Waals surface area contributed by atoms with E-state index >= 15 is 0 Å². The van der Waals surface area contributed by atoms with Crippen LogP contribution in [0.1, 0.15) is 25.8 Å². The van der Waals surface area contributed by atoms with E-state index in [1.807, 2.05) is 30.0 Å². The van der Waals surface area contributed by atoms with Gasteiger partial charge in [-0.2, -0.15) is 5.10 Å². The molecule has 2 amide bonds. The number of fused-ring (bicyclic) bond motifs is 1. The smallest absolute Gasteiger partial charge is 0.234 e. The van der Waals surface area contributed by atoms with Crippen LogP contribution in [0.3, 0.4) is 0 Å². The molecule has 3 rings (SSSR count). The molecule has 2 N–H and O–H groups in total. The van der Waals surface area contributed by atoms with E-state index in [1.54, 1.807) is 6.20 Å². The summed E-state index contributed by atoms with van der Waals surface area (Å²) < 4.78 is 0. The zero-order chi connectivity index (χ0) is 18.5. The van der Waals surface area contributed by atoms with E-state index in [0.717, 1.165) is 36.0 Å². The van der Waals surface area contributed by atoms with Crippen molar-refractivity contribution >= 4 is 22.7 Å². The molecule has 26 heavy (non-hydrogen) atoms. The summed E-state index contributed by atoms with van der Waals surface area (Å²) in [5, 5.41) is 10.9. The summed E-state index contributed by atoms with van der Waals surface area (Å²) in [6.07, 6.45) is 3.10. The summed E-state index contributed by atoms with van der Waals surface area (Å²) in [5.74, 6) is 0.198. The molecule has 1 aliphatic rings. The third-order valence-electron chi connectivity index (χ3n) is 4.97. The average molecular weight is 357 g/mol. The predicted molar refractivity (Wildman–Crippen MR) is 101 cm³/mol. The third-order valence-corrected chi connectivity index (χ3v) is 4.97. The SMILES string of the molecule is CCC(C)NC(=O)CN1CCN(C(=O)Cc2ccc3[nH]ncc3c2)CC1. The molecule has 1 fully saturated rings. The summed E-state index contributed by atoms with van der Waals surface area (Å²) in [6.45, 7) is 7.28. The fourth-order valence-electron chi connectivity index (χ4n) is 3.17. The minimum atomic E-state index is 0.0625. The molecule has 1 saturated heterocycles. The van der Waals surface area contributed by atoms with Crippen molar-refractivity contribution in [1.82, 2.24) is 25.3 Å². The number of benzene rings is 1. The Bertz CT molecular complexity index is 764. The van der Waals surface area contributed by atoms with Crippen molar-refractivity contribution in [1.29, 1.82) is 0 Å². The first-order valence-corrected chi connectivity index (χ1v) is 9.26. The first-order chi connectivity index (χ1) is 12.5. The van der Waals surface area contributed by atoms with Crippen molar-refractivity contribution < 1.29 is 9.59 Å². The van der Waals surface area contributed by atoms with Crippen LogP contribution in [0, 0.1) is 0 Å². The zero-order valence-electron chi connectivity index (χ0n) is 15.5. The summed E-state index contributed by atoms with van der Waals surface area (Å²) in [5.41, 5.74) is 1.98. The zero-order valence-corrected chi connectivity index (χ0v) is 15.5. The molecule has 7 heteroatoms. The van der Waals surface area contributed by atoms with Crippen molar-refractivity contribution in [2.75, 3.05) is 32.7 Å². The van der Waals surface area contributed by atoms with Gasteiger partial charge in [0.2, 0.25) is 11.8 Å². The summed E-state index contributed by atoms with van der Waals surface area (Å²) in [4.78, 5) is 28.5. The molecule has 0 radical (unpaired) electrons. The van der Waals surface area contributed by atoms with Gasteiger partial charge in [0, 0.05) is 37.6 Å². The molecule has 1 aromatic heterocycles. The van der Waals surface area contributed by atoms with Gasteiger partial charge in [-0.05, 0) is 31.0 Å². The van der Waals surface area contributed by atoms with Crippen LogP contribution in [0.15, 0.2) is 24.4 Å². The lowest BCUT2D eigenvalue weighted by molar-refractivity contribution is -0.132. The summed E-state index contributed by atoms with van der Waals surface area (Å²) in [7, 11) is 0.